The van der Waals surface area contributed by atoms with Crippen LogP contribution in [0.3, 0.4) is 0 Å². The van der Waals surface area contributed by atoms with E-state index in [1.807, 2.05) is 24.3 Å². The molecule has 1 heterocycles. The third kappa shape index (κ3) is 2.55. The fraction of sp³-hybridized carbons (Fsp3) is 0.533. The summed E-state index contributed by atoms with van der Waals surface area (Å²) in [4.78, 5) is 14.6. The first kappa shape index (κ1) is 12.4. The van der Waals surface area contributed by atoms with Crippen LogP contribution in [0.15, 0.2) is 29.3 Å². The second-order valence-corrected chi connectivity index (χ2v) is 5.16. The molecule has 100 valence electrons. The number of benzene rings is 1. The van der Waals surface area contributed by atoms with Gasteiger partial charge in [0.1, 0.15) is 17.4 Å². The molecule has 19 heavy (non-hydrogen) atoms. The Morgan fingerprint density at radius 3 is 2.68 bits per heavy atom. The second-order valence-electron chi connectivity index (χ2n) is 5.16. The Hall–Kier alpha value is -1.64. The predicted octanol–water partition coefficient (Wildman–Crippen LogP) is 2.57. The molecule has 0 radical (unpaired) electrons. The highest BCUT2D eigenvalue weighted by Gasteiger charge is 2.46. The molecule has 0 spiro atoms. The third-order valence-electron chi connectivity index (χ3n) is 3.83. The lowest BCUT2D eigenvalue weighted by Crippen LogP contribution is -2.26. The Kier molecular flexibility index (Phi) is 3.36. The number of carbonyl (C=O) groups excluding carboxylic acids is 1. The summed E-state index contributed by atoms with van der Waals surface area (Å²) in [5, 5.41) is 0. The molecule has 0 N–H and O–H groups in total. The summed E-state index contributed by atoms with van der Waals surface area (Å²) < 4.78 is 11.4. The fourth-order valence-corrected chi connectivity index (χ4v) is 2.57. The van der Waals surface area contributed by atoms with Gasteiger partial charge in [0, 0.05) is 18.4 Å². The number of aliphatic imine (C=N–C) groups is 1. The number of ether oxygens (including phenoxy) is 2. The highest BCUT2D eigenvalue weighted by Crippen LogP contribution is 2.52. The molecule has 1 aromatic carbocycles. The molecule has 4 heteroatoms. The van der Waals surface area contributed by atoms with Crippen LogP contribution in [0.25, 0.3) is 0 Å². The zero-order chi connectivity index (χ0) is 13.1. The Morgan fingerprint density at radius 1 is 1.26 bits per heavy atom. The van der Waals surface area contributed by atoms with Crippen molar-refractivity contribution in [2.24, 2.45) is 4.99 Å². The van der Waals surface area contributed by atoms with Gasteiger partial charge in [0.15, 0.2) is 0 Å². The molecule has 4 nitrogen and oxygen atoms in total. The molecule has 1 saturated heterocycles. The number of isocyanates is 1. The number of nitrogens with zero attached hydrogens (tertiary/aromatic N) is 1. The maximum atomic E-state index is 10.6. The molecule has 0 aromatic heterocycles. The van der Waals surface area contributed by atoms with Gasteiger partial charge < -0.3 is 9.47 Å². The van der Waals surface area contributed by atoms with Gasteiger partial charge in [0.05, 0.1) is 13.2 Å². The largest absolute Gasteiger partial charge is 0.490 e. The number of hydrogen-bond acceptors (Lipinski definition) is 4. The minimum absolute atomic E-state index is 0.200. The summed E-state index contributed by atoms with van der Waals surface area (Å²) in [6.07, 6.45) is 5.53. The van der Waals surface area contributed by atoms with Gasteiger partial charge in [-0.05, 0) is 18.9 Å². The van der Waals surface area contributed by atoms with Gasteiger partial charge >= 0.3 is 0 Å². The van der Waals surface area contributed by atoms with Crippen molar-refractivity contribution in [1.82, 2.24) is 0 Å². The summed E-state index contributed by atoms with van der Waals surface area (Å²) >= 11 is 0. The first-order valence-electron chi connectivity index (χ1n) is 6.77. The first-order chi connectivity index (χ1) is 9.34. The molecule has 0 amide bonds. The summed E-state index contributed by atoms with van der Waals surface area (Å²) in [6, 6.07) is 7.89. The molecule has 1 aromatic rings. The lowest BCUT2D eigenvalue weighted by molar-refractivity contribution is 0.0250. The monoisotopic (exact) mass is 259 g/mol. The molecule has 2 fully saturated rings. The van der Waals surface area contributed by atoms with Crippen molar-refractivity contribution >= 4 is 6.08 Å². The molecular weight excluding hydrogens is 242 g/mol. The summed E-state index contributed by atoms with van der Waals surface area (Å²) in [7, 11) is 0. The minimum Gasteiger partial charge on any atom is -0.490 e. The van der Waals surface area contributed by atoms with E-state index in [0.29, 0.717) is 0 Å². The second kappa shape index (κ2) is 5.16. The fourth-order valence-electron chi connectivity index (χ4n) is 2.57. The maximum Gasteiger partial charge on any atom is 0.235 e. The van der Waals surface area contributed by atoms with E-state index >= 15 is 0 Å². The lowest BCUT2D eigenvalue weighted by Gasteiger charge is -2.25. The van der Waals surface area contributed by atoms with E-state index < -0.39 is 0 Å². The van der Waals surface area contributed by atoms with E-state index in [9.17, 15) is 4.79 Å². The predicted molar refractivity (Wildman–Crippen MR) is 69.9 cm³/mol. The van der Waals surface area contributed by atoms with Crippen LogP contribution in [0.4, 0.5) is 0 Å². The zero-order valence-electron chi connectivity index (χ0n) is 10.8. The van der Waals surface area contributed by atoms with Crippen LogP contribution in [0.2, 0.25) is 0 Å². The van der Waals surface area contributed by atoms with E-state index in [4.69, 9.17) is 9.47 Å². The van der Waals surface area contributed by atoms with Crippen molar-refractivity contribution in [3.8, 4) is 5.75 Å². The van der Waals surface area contributed by atoms with Crippen LogP contribution >= 0.6 is 0 Å². The smallest absolute Gasteiger partial charge is 0.235 e. The standard InChI is InChI=1S/C15H17NO3/c17-11-16-15(7-8-15)13-3-1-2-4-14(13)19-12-5-9-18-10-6-12/h1-4,12H,5-10H2. The first-order valence-corrected chi connectivity index (χ1v) is 6.77. The van der Waals surface area contributed by atoms with E-state index in [-0.39, 0.29) is 11.6 Å². The van der Waals surface area contributed by atoms with E-state index in [2.05, 4.69) is 4.99 Å². The normalized spacial score (nSPS) is 21.5. The van der Waals surface area contributed by atoms with E-state index in [1.54, 1.807) is 6.08 Å². The van der Waals surface area contributed by atoms with Crippen LogP contribution in [0, 0.1) is 0 Å². The molecule has 0 atom stereocenters. The molecule has 3 rings (SSSR count). The number of rotatable bonds is 4. The number of para-hydroxylation sites is 1. The van der Waals surface area contributed by atoms with Gasteiger partial charge in [-0.15, -0.1) is 0 Å². The molecule has 0 bridgehead atoms. The quantitative estimate of drug-likeness (QED) is 0.616. The third-order valence-corrected chi connectivity index (χ3v) is 3.83. The van der Waals surface area contributed by atoms with Gasteiger partial charge in [0.2, 0.25) is 6.08 Å². The molecule has 1 aliphatic heterocycles. The summed E-state index contributed by atoms with van der Waals surface area (Å²) in [6.45, 7) is 1.51. The summed E-state index contributed by atoms with van der Waals surface area (Å²) in [5.74, 6) is 0.853. The van der Waals surface area contributed by atoms with Crippen LogP contribution in [-0.2, 0) is 15.1 Å². The van der Waals surface area contributed by atoms with Crippen molar-refractivity contribution in [3.63, 3.8) is 0 Å². The maximum absolute atomic E-state index is 10.6. The van der Waals surface area contributed by atoms with Gasteiger partial charge in [-0.3, -0.25) is 0 Å². The topological polar surface area (TPSA) is 47.9 Å². The highest BCUT2D eigenvalue weighted by molar-refractivity contribution is 5.47. The van der Waals surface area contributed by atoms with Gasteiger partial charge in [-0.1, -0.05) is 18.2 Å². The zero-order valence-corrected chi connectivity index (χ0v) is 10.8. The Labute approximate surface area is 112 Å². The average molecular weight is 259 g/mol. The van der Waals surface area contributed by atoms with Crippen molar-refractivity contribution < 1.29 is 14.3 Å². The SMILES string of the molecule is O=C=NC1(c2ccccc2OC2CCOCC2)CC1. The molecule has 1 saturated carbocycles. The summed E-state index contributed by atoms with van der Waals surface area (Å²) in [5.41, 5.74) is 0.647. The molecule has 2 aliphatic rings. The molecular formula is C15H17NO3. The van der Waals surface area contributed by atoms with Gasteiger partial charge in [0.25, 0.3) is 0 Å². The Balaban J connectivity index is 1.83. The van der Waals surface area contributed by atoms with Gasteiger partial charge in [-0.25, -0.2) is 4.79 Å². The van der Waals surface area contributed by atoms with Crippen LogP contribution < -0.4 is 4.74 Å². The Morgan fingerprint density at radius 2 is 2.00 bits per heavy atom. The van der Waals surface area contributed by atoms with E-state index in [0.717, 1.165) is 50.2 Å². The molecule has 0 unspecified atom stereocenters. The average Bonchev–Trinajstić information content (AvgIpc) is 3.22. The Bertz CT molecular complexity index is 498. The van der Waals surface area contributed by atoms with Crippen LogP contribution in [-0.4, -0.2) is 25.4 Å². The number of hydrogen-bond donors (Lipinski definition) is 0. The van der Waals surface area contributed by atoms with Crippen LogP contribution in [0.1, 0.15) is 31.2 Å². The highest BCUT2D eigenvalue weighted by atomic mass is 16.5. The van der Waals surface area contributed by atoms with E-state index in [1.165, 1.54) is 0 Å². The lowest BCUT2D eigenvalue weighted by atomic mass is 10.0. The van der Waals surface area contributed by atoms with Crippen molar-refractivity contribution in [2.45, 2.75) is 37.3 Å². The van der Waals surface area contributed by atoms with Crippen molar-refractivity contribution in [1.29, 1.82) is 0 Å². The molecule has 1 aliphatic carbocycles. The van der Waals surface area contributed by atoms with Crippen molar-refractivity contribution in [3.05, 3.63) is 29.8 Å². The van der Waals surface area contributed by atoms with Crippen molar-refractivity contribution in [2.75, 3.05) is 13.2 Å². The minimum atomic E-state index is -0.372. The van der Waals surface area contributed by atoms with Gasteiger partial charge in [-0.2, -0.15) is 4.99 Å². The van der Waals surface area contributed by atoms with Crippen LogP contribution in [0.5, 0.6) is 5.75 Å².